The lowest BCUT2D eigenvalue weighted by atomic mass is 9.64. The molecule has 3 aromatic carbocycles. The van der Waals surface area contributed by atoms with Gasteiger partial charge in [0.15, 0.2) is 15.6 Å². The molecule has 1 saturated heterocycles. The highest BCUT2D eigenvalue weighted by atomic mass is 32.2. The molecule has 0 saturated carbocycles. The highest BCUT2D eigenvalue weighted by Crippen LogP contribution is 2.49. The summed E-state index contributed by atoms with van der Waals surface area (Å²) < 4.78 is 47.3. The first-order valence-electron chi connectivity index (χ1n) is 13.1. The Labute approximate surface area is 229 Å². The fraction of sp³-hybridized carbons (Fsp3) is 0.419. The molecule has 2 unspecified atom stereocenters. The van der Waals surface area contributed by atoms with Crippen molar-refractivity contribution in [3.63, 3.8) is 0 Å². The van der Waals surface area contributed by atoms with E-state index in [0.29, 0.717) is 4.90 Å². The van der Waals surface area contributed by atoms with Crippen LogP contribution in [0.1, 0.15) is 40.2 Å². The van der Waals surface area contributed by atoms with Gasteiger partial charge < -0.3 is 13.9 Å². The molecule has 7 heteroatoms. The van der Waals surface area contributed by atoms with E-state index in [4.69, 9.17) is 13.9 Å². The molecule has 5 nitrogen and oxygen atoms in total. The Hall–Kier alpha value is -2.29. The summed E-state index contributed by atoms with van der Waals surface area (Å²) in [6, 6.07) is 27.6. The molecule has 0 aromatic heterocycles. The highest BCUT2D eigenvalue weighted by Gasteiger charge is 2.57. The SMILES string of the molecule is Cc1ccccc1S(=O)(=O)CC1(C(C)(C)C)COC(C)(C)OC1CO[Si](c1ccccc1)c1ccccc1. The van der Waals surface area contributed by atoms with E-state index in [2.05, 4.69) is 45.0 Å². The van der Waals surface area contributed by atoms with Crippen molar-refractivity contribution >= 4 is 29.3 Å². The second-order valence-electron chi connectivity index (χ2n) is 11.6. The number of hydrogen-bond acceptors (Lipinski definition) is 5. The van der Waals surface area contributed by atoms with Gasteiger partial charge in [0.05, 0.1) is 30.0 Å². The first kappa shape index (κ1) is 28.7. The van der Waals surface area contributed by atoms with Gasteiger partial charge in [0.25, 0.3) is 9.04 Å². The smallest absolute Gasteiger partial charge is 0.283 e. The van der Waals surface area contributed by atoms with Crippen molar-refractivity contribution in [2.75, 3.05) is 19.0 Å². The summed E-state index contributed by atoms with van der Waals surface area (Å²) >= 11 is 0. The maximum absolute atomic E-state index is 13.9. The van der Waals surface area contributed by atoms with E-state index in [1.54, 1.807) is 12.1 Å². The molecule has 0 aliphatic carbocycles. The van der Waals surface area contributed by atoms with Crippen molar-refractivity contribution in [3.8, 4) is 0 Å². The summed E-state index contributed by atoms with van der Waals surface area (Å²) in [6.45, 7) is 12.3. The van der Waals surface area contributed by atoms with E-state index in [0.717, 1.165) is 15.9 Å². The minimum atomic E-state index is -3.65. The monoisotopic (exact) mass is 551 g/mol. The highest BCUT2D eigenvalue weighted by molar-refractivity contribution is 7.91. The van der Waals surface area contributed by atoms with Crippen molar-refractivity contribution in [2.24, 2.45) is 10.8 Å². The largest absolute Gasteiger partial charge is 0.405 e. The van der Waals surface area contributed by atoms with Crippen LogP contribution in [0.5, 0.6) is 0 Å². The lowest BCUT2D eigenvalue weighted by Gasteiger charge is -2.55. The summed E-state index contributed by atoms with van der Waals surface area (Å²) in [6.07, 6.45) is -0.502. The minimum Gasteiger partial charge on any atom is -0.405 e. The Kier molecular flexibility index (Phi) is 8.36. The van der Waals surface area contributed by atoms with Crippen LogP contribution in [0.25, 0.3) is 0 Å². The summed E-state index contributed by atoms with van der Waals surface area (Å²) in [5.41, 5.74) is -0.565. The molecule has 3 aromatic rings. The fourth-order valence-corrected chi connectivity index (χ4v) is 9.48. The van der Waals surface area contributed by atoms with E-state index in [9.17, 15) is 8.42 Å². The van der Waals surface area contributed by atoms with Crippen LogP contribution >= 0.6 is 0 Å². The van der Waals surface area contributed by atoms with Crippen LogP contribution in [0, 0.1) is 17.8 Å². The van der Waals surface area contributed by atoms with E-state index < -0.39 is 41.6 Å². The molecule has 1 aliphatic heterocycles. The first-order chi connectivity index (χ1) is 17.8. The topological polar surface area (TPSA) is 61.8 Å². The average molecular weight is 552 g/mol. The Morgan fingerprint density at radius 2 is 1.42 bits per heavy atom. The number of sulfone groups is 1. The van der Waals surface area contributed by atoms with Crippen LogP contribution in [0.4, 0.5) is 0 Å². The lowest BCUT2D eigenvalue weighted by Crippen LogP contribution is -2.63. The van der Waals surface area contributed by atoms with Gasteiger partial charge in [-0.15, -0.1) is 0 Å². The summed E-state index contributed by atoms with van der Waals surface area (Å²) in [7, 11) is -5.25. The van der Waals surface area contributed by atoms with Gasteiger partial charge in [0, 0.05) is 5.41 Å². The van der Waals surface area contributed by atoms with Crippen LogP contribution in [0.3, 0.4) is 0 Å². The molecule has 203 valence electrons. The molecule has 1 heterocycles. The Balaban J connectivity index is 1.73. The summed E-state index contributed by atoms with van der Waals surface area (Å²) in [5, 5.41) is 2.26. The van der Waals surface area contributed by atoms with E-state index in [-0.39, 0.29) is 19.0 Å². The van der Waals surface area contributed by atoms with Gasteiger partial charge in [0.2, 0.25) is 0 Å². The Morgan fingerprint density at radius 1 is 0.895 bits per heavy atom. The molecular formula is C31H39O5SSi. The van der Waals surface area contributed by atoms with Crippen LogP contribution in [0.15, 0.2) is 89.8 Å². The van der Waals surface area contributed by atoms with Gasteiger partial charge in [-0.25, -0.2) is 8.42 Å². The second kappa shape index (κ2) is 11.1. The van der Waals surface area contributed by atoms with Gasteiger partial charge in [-0.2, -0.15) is 0 Å². The van der Waals surface area contributed by atoms with Gasteiger partial charge in [-0.1, -0.05) is 99.6 Å². The van der Waals surface area contributed by atoms with Gasteiger partial charge >= 0.3 is 0 Å². The molecule has 0 N–H and O–H groups in total. The molecule has 2 atom stereocenters. The first-order valence-corrected chi connectivity index (χ1v) is 16.1. The maximum Gasteiger partial charge on any atom is 0.283 e. The zero-order valence-electron chi connectivity index (χ0n) is 23.2. The molecule has 38 heavy (non-hydrogen) atoms. The third kappa shape index (κ3) is 6.13. The quantitative estimate of drug-likeness (QED) is 0.377. The van der Waals surface area contributed by atoms with Gasteiger partial charge in [0.1, 0.15) is 0 Å². The Morgan fingerprint density at radius 3 is 1.95 bits per heavy atom. The number of benzene rings is 3. The molecule has 1 aliphatic rings. The molecule has 1 radical (unpaired) electrons. The summed E-state index contributed by atoms with van der Waals surface area (Å²) in [5.74, 6) is -0.960. The normalized spacial score (nSPS) is 21.9. The van der Waals surface area contributed by atoms with Gasteiger partial charge in [-0.05, 0) is 48.2 Å². The van der Waals surface area contributed by atoms with Crippen LogP contribution in [-0.2, 0) is 23.7 Å². The second-order valence-corrected chi connectivity index (χ2v) is 15.7. The summed E-state index contributed by atoms with van der Waals surface area (Å²) in [4.78, 5) is 0.353. The lowest BCUT2D eigenvalue weighted by molar-refractivity contribution is -0.333. The molecule has 0 amide bonds. The van der Waals surface area contributed by atoms with E-state index in [1.807, 2.05) is 69.3 Å². The standard InChI is InChI=1S/C31H39O5SSi/c1-24-15-13-14-20-27(24)37(32,33)23-31(29(2,3)4)22-34-30(5,6)36-28(31)21-35-38(25-16-9-7-10-17-25)26-18-11-8-12-19-26/h7-20,28H,21-23H2,1-6H3. The van der Waals surface area contributed by atoms with Crippen molar-refractivity contribution in [1.29, 1.82) is 0 Å². The van der Waals surface area contributed by atoms with Crippen molar-refractivity contribution in [2.45, 2.75) is 58.3 Å². The number of hydrogen-bond donors (Lipinski definition) is 0. The van der Waals surface area contributed by atoms with E-state index in [1.165, 1.54) is 0 Å². The van der Waals surface area contributed by atoms with Crippen LogP contribution in [-0.4, -0.2) is 48.3 Å². The predicted molar refractivity (Wildman–Crippen MR) is 154 cm³/mol. The van der Waals surface area contributed by atoms with Crippen molar-refractivity contribution < 1.29 is 22.3 Å². The predicted octanol–water partition coefficient (Wildman–Crippen LogP) is 4.78. The molecular weight excluding hydrogens is 512 g/mol. The van der Waals surface area contributed by atoms with Crippen LogP contribution < -0.4 is 10.4 Å². The van der Waals surface area contributed by atoms with Gasteiger partial charge in [-0.3, -0.25) is 0 Å². The average Bonchev–Trinajstić information content (AvgIpc) is 2.86. The third-order valence-electron chi connectivity index (χ3n) is 7.54. The third-order valence-corrected chi connectivity index (χ3v) is 11.7. The number of rotatable bonds is 8. The minimum absolute atomic E-state index is 0.1000. The molecule has 0 bridgehead atoms. The number of aryl methyl sites for hydroxylation is 1. The maximum atomic E-state index is 13.9. The Bertz CT molecular complexity index is 1280. The van der Waals surface area contributed by atoms with E-state index >= 15 is 0 Å². The van der Waals surface area contributed by atoms with Crippen LogP contribution in [0.2, 0.25) is 0 Å². The zero-order valence-corrected chi connectivity index (χ0v) is 25.0. The van der Waals surface area contributed by atoms with Crippen molar-refractivity contribution in [3.05, 3.63) is 90.5 Å². The zero-order chi connectivity index (χ0) is 27.6. The van der Waals surface area contributed by atoms with Crippen molar-refractivity contribution in [1.82, 2.24) is 0 Å². The fourth-order valence-electron chi connectivity index (χ4n) is 5.12. The molecule has 0 spiro atoms. The molecule has 4 rings (SSSR count). The molecule has 1 fully saturated rings. The number of ether oxygens (including phenoxy) is 2.